The summed E-state index contributed by atoms with van der Waals surface area (Å²) in [5.74, 6) is -0.694. The molecule has 1 N–H and O–H groups in total. The number of carboxylic acid groups (broad SMARTS) is 1. The van der Waals surface area contributed by atoms with Crippen molar-refractivity contribution in [2.24, 2.45) is 0 Å². The summed E-state index contributed by atoms with van der Waals surface area (Å²) in [6.45, 7) is 6.69. The molecule has 0 radical (unpaired) electrons. The van der Waals surface area contributed by atoms with Crippen LogP contribution in [-0.2, 0) is 10.3 Å². The van der Waals surface area contributed by atoms with Crippen molar-refractivity contribution in [2.75, 3.05) is 6.54 Å². The van der Waals surface area contributed by atoms with Crippen molar-refractivity contribution in [3.63, 3.8) is 0 Å². The summed E-state index contributed by atoms with van der Waals surface area (Å²) in [5, 5.41) is 13.8. The average molecular weight is 305 g/mol. The number of hydrogen-bond donors (Lipinski definition) is 1. The molecule has 1 saturated carbocycles. The molecular weight excluding hydrogens is 282 g/mol. The Morgan fingerprint density at radius 1 is 1.27 bits per heavy atom. The predicted octanol–water partition coefficient (Wildman–Crippen LogP) is 2.20. The molecule has 1 amide bonds. The van der Waals surface area contributed by atoms with Crippen molar-refractivity contribution in [2.45, 2.75) is 64.0 Å². The Morgan fingerprint density at radius 2 is 1.95 bits per heavy atom. The molecule has 1 saturated heterocycles. The van der Waals surface area contributed by atoms with E-state index in [1.807, 2.05) is 10.7 Å². The van der Waals surface area contributed by atoms with Gasteiger partial charge >= 0.3 is 5.97 Å². The molecule has 22 heavy (non-hydrogen) atoms. The van der Waals surface area contributed by atoms with Crippen LogP contribution in [0.5, 0.6) is 0 Å². The summed E-state index contributed by atoms with van der Waals surface area (Å²) in [6, 6.07) is 1.15. The number of rotatable bonds is 3. The molecule has 0 spiro atoms. The molecule has 0 bridgehead atoms. The molecule has 1 aromatic heterocycles. The molecule has 1 aromatic rings. The number of likely N-dealkylation sites (tertiary alicyclic amines) is 1. The first kappa shape index (κ1) is 15.1. The number of hydrogen-bond acceptors (Lipinski definition) is 3. The first-order chi connectivity index (χ1) is 10.3. The molecule has 2 fully saturated rings. The second kappa shape index (κ2) is 5.11. The van der Waals surface area contributed by atoms with Crippen molar-refractivity contribution < 1.29 is 14.7 Å². The van der Waals surface area contributed by atoms with E-state index < -0.39 is 12.0 Å². The first-order valence-electron chi connectivity index (χ1n) is 7.93. The third-order valence-electron chi connectivity index (χ3n) is 4.39. The van der Waals surface area contributed by atoms with E-state index in [4.69, 9.17) is 0 Å². The molecule has 6 nitrogen and oxygen atoms in total. The Labute approximate surface area is 130 Å². The maximum atomic E-state index is 12.7. The van der Waals surface area contributed by atoms with Gasteiger partial charge in [0.15, 0.2) is 5.69 Å². The highest BCUT2D eigenvalue weighted by atomic mass is 16.4. The number of aliphatic carboxylic acids is 1. The fourth-order valence-corrected chi connectivity index (χ4v) is 3.12. The lowest BCUT2D eigenvalue weighted by Gasteiger charge is -2.23. The Hall–Kier alpha value is -1.85. The standard InChI is InChI=1S/C16H23N3O3/c1-16(2,3)19-13(10-6-7-10)9-11(17-19)14(20)18-8-4-5-12(18)15(21)22/h9-10,12H,4-8H2,1-3H3,(H,21,22)/t12-/m0/s1. The van der Waals surface area contributed by atoms with Crippen LogP contribution in [0.4, 0.5) is 0 Å². The summed E-state index contributed by atoms with van der Waals surface area (Å²) < 4.78 is 1.93. The molecule has 1 aliphatic heterocycles. The normalized spacial score (nSPS) is 22.1. The zero-order chi connectivity index (χ0) is 16.1. The third-order valence-corrected chi connectivity index (χ3v) is 4.39. The van der Waals surface area contributed by atoms with Gasteiger partial charge in [-0.2, -0.15) is 5.10 Å². The molecule has 1 aliphatic carbocycles. The van der Waals surface area contributed by atoms with E-state index in [1.54, 1.807) is 0 Å². The maximum absolute atomic E-state index is 12.7. The zero-order valence-electron chi connectivity index (χ0n) is 13.4. The topological polar surface area (TPSA) is 75.4 Å². The van der Waals surface area contributed by atoms with Crippen LogP contribution in [0.25, 0.3) is 0 Å². The SMILES string of the molecule is CC(C)(C)n1nc(C(=O)N2CCC[C@H]2C(=O)O)cc1C1CC1. The Morgan fingerprint density at radius 3 is 2.50 bits per heavy atom. The molecular formula is C16H23N3O3. The summed E-state index contributed by atoms with van der Waals surface area (Å²) in [7, 11) is 0. The monoisotopic (exact) mass is 305 g/mol. The minimum absolute atomic E-state index is 0.187. The lowest BCUT2D eigenvalue weighted by molar-refractivity contribution is -0.141. The van der Waals surface area contributed by atoms with Crippen LogP contribution in [0, 0.1) is 0 Å². The van der Waals surface area contributed by atoms with Gasteiger partial charge in [-0.3, -0.25) is 9.48 Å². The van der Waals surface area contributed by atoms with Crippen molar-refractivity contribution in [1.82, 2.24) is 14.7 Å². The molecule has 2 heterocycles. The van der Waals surface area contributed by atoms with Gasteiger partial charge in [0.25, 0.3) is 5.91 Å². The van der Waals surface area contributed by atoms with Gasteiger partial charge in [-0.15, -0.1) is 0 Å². The summed E-state index contributed by atoms with van der Waals surface area (Å²) >= 11 is 0. The van der Waals surface area contributed by atoms with Crippen LogP contribution in [0.3, 0.4) is 0 Å². The zero-order valence-corrected chi connectivity index (χ0v) is 13.4. The van der Waals surface area contributed by atoms with Crippen LogP contribution in [0.15, 0.2) is 6.07 Å². The van der Waals surface area contributed by atoms with Crippen LogP contribution in [0.2, 0.25) is 0 Å². The smallest absolute Gasteiger partial charge is 0.326 e. The van der Waals surface area contributed by atoms with Crippen LogP contribution < -0.4 is 0 Å². The van der Waals surface area contributed by atoms with E-state index in [0.29, 0.717) is 24.6 Å². The number of carbonyl (C=O) groups excluding carboxylic acids is 1. The first-order valence-corrected chi connectivity index (χ1v) is 7.93. The Bertz CT molecular complexity index is 611. The number of nitrogens with zero attached hydrogens (tertiary/aromatic N) is 3. The second-order valence-electron chi connectivity index (χ2n) is 7.31. The molecule has 0 aromatic carbocycles. The largest absolute Gasteiger partial charge is 0.480 e. The van der Waals surface area contributed by atoms with E-state index in [2.05, 4.69) is 25.9 Å². The highest BCUT2D eigenvalue weighted by Crippen LogP contribution is 2.42. The minimum Gasteiger partial charge on any atom is -0.480 e. The fraction of sp³-hybridized carbons (Fsp3) is 0.688. The van der Waals surface area contributed by atoms with Crippen LogP contribution in [0.1, 0.15) is 68.6 Å². The van der Waals surface area contributed by atoms with E-state index >= 15 is 0 Å². The van der Waals surface area contributed by atoms with E-state index in [-0.39, 0.29) is 11.4 Å². The van der Waals surface area contributed by atoms with Gasteiger partial charge < -0.3 is 10.0 Å². The number of carboxylic acids is 1. The maximum Gasteiger partial charge on any atom is 0.326 e. The highest BCUT2D eigenvalue weighted by Gasteiger charge is 2.37. The predicted molar refractivity (Wildman–Crippen MR) is 80.9 cm³/mol. The van der Waals surface area contributed by atoms with Crippen LogP contribution in [-0.4, -0.2) is 44.3 Å². The minimum atomic E-state index is -0.927. The molecule has 1 atom stereocenters. The molecule has 0 unspecified atom stereocenters. The van der Waals surface area contributed by atoms with Crippen LogP contribution >= 0.6 is 0 Å². The number of aromatic nitrogens is 2. The quantitative estimate of drug-likeness (QED) is 0.929. The van der Waals surface area contributed by atoms with E-state index in [1.165, 1.54) is 4.90 Å². The van der Waals surface area contributed by atoms with Gasteiger partial charge in [0.1, 0.15) is 6.04 Å². The third kappa shape index (κ3) is 2.62. The average Bonchev–Trinajstić information content (AvgIpc) is 3.00. The summed E-state index contributed by atoms with van der Waals surface area (Å²) in [4.78, 5) is 25.4. The fourth-order valence-electron chi connectivity index (χ4n) is 3.12. The van der Waals surface area contributed by atoms with Gasteiger partial charge in [-0.1, -0.05) is 0 Å². The van der Waals surface area contributed by atoms with Gasteiger partial charge in [-0.25, -0.2) is 4.79 Å². The van der Waals surface area contributed by atoms with Crippen molar-refractivity contribution in [3.05, 3.63) is 17.5 Å². The summed E-state index contributed by atoms with van der Waals surface area (Å²) in [5.41, 5.74) is 1.29. The molecule has 2 aliphatic rings. The Balaban J connectivity index is 1.91. The van der Waals surface area contributed by atoms with Gasteiger partial charge in [0.2, 0.25) is 0 Å². The lowest BCUT2D eigenvalue weighted by Crippen LogP contribution is -2.40. The van der Waals surface area contributed by atoms with Gasteiger partial charge in [0.05, 0.1) is 5.54 Å². The van der Waals surface area contributed by atoms with Crippen molar-refractivity contribution in [3.8, 4) is 0 Å². The number of carbonyl (C=O) groups is 2. The van der Waals surface area contributed by atoms with E-state index in [0.717, 1.165) is 25.0 Å². The highest BCUT2D eigenvalue weighted by molar-refractivity contribution is 5.95. The molecule has 3 rings (SSSR count). The van der Waals surface area contributed by atoms with Crippen molar-refractivity contribution >= 4 is 11.9 Å². The van der Waals surface area contributed by atoms with Crippen molar-refractivity contribution in [1.29, 1.82) is 0 Å². The summed E-state index contributed by atoms with van der Waals surface area (Å²) in [6.07, 6.45) is 3.53. The molecule has 6 heteroatoms. The lowest BCUT2D eigenvalue weighted by atomic mass is 10.1. The second-order valence-corrected chi connectivity index (χ2v) is 7.31. The van der Waals surface area contributed by atoms with E-state index in [9.17, 15) is 14.7 Å². The van der Waals surface area contributed by atoms with Gasteiger partial charge in [0, 0.05) is 18.2 Å². The molecule has 120 valence electrons. The number of amides is 1. The van der Waals surface area contributed by atoms with Gasteiger partial charge in [-0.05, 0) is 52.5 Å². The Kier molecular flexibility index (Phi) is 3.50.